The third-order valence-corrected chi connectivity index (χ3v) is 4.15. The number of hydrogen-bond acceptors (Lipinski definition) is 5. The van der Waals surface area contributed by atoms with E-state index in [2.05, 4.69) is 10.3 Å². The van der Waals surface area contributed by atoms with E-state index in [0.29, 0.717) is 0 Å². The molecule has 0 saturated heterocycles. The zero-order valence-electron chi connectivity index (χ0n) is 12.6. The number of aryl methyl sites for hydroxylation is 1. The van der Waals surface area contributed by atoms with E-state index in [1.807, 2.05) is 0 Å². The molecule has 25 heavy (non-hydrogen) atoms. The molecule has 0 aliphatic heterocycles. The molecule has 0 fully saturated rings. The number of nitrogens with one attached hydrogen (secondary N) is 1. The van der Waals surface area contributed by atoms with Gasteiger partial charge in [0.15, 0.2) is 10.8 Å². The number of carbonyl (C=O) groups excluding carboxylic acids is 1. The number of alkyl halides is 3. The van der Waals surface area contributed by atoms with Crippen LogP contribution in [0.1, 0.15) is 5.82 Å². The molecule has 1 aromatic carbocycles. The zero-order chi connectivity index (χ0) is 18.8. The van der Waals surface area contributed by atoms with Crippen LogP contribution in [0, 0.1) is 17.0 Å². The highest BCUT2D eigenvalue weighted by atomic mass is 32.2. The van der Waals surface area contributed by atoms with Crippen LogP contribution in [0.15, 0.2) is 35.4 Å². The predicted molar refractivity (Wildman–Crippen MR) is 81.2 cm³/mol. The molecule has 1 aromatic heterocycles. The SMILES string of the molecule is Cc1nc([N+](=O)[O-])cn1CC(=O)Nc1ccc(S(=O)C(F)(F)F)cc1. The fraction of sp³-hybridized carbons (Fsp3) is 0.231. The largest absolute Gasteiger partial charge is 0.475 e. The van der Waals surface area contributed by atoms with Gasteiger partial charge in [-0.15, -0.1) is 0 Å². The van der Waals surface area contributed by atoms with Crippen molar-refractivity contribution < 1.29 is 27.1 Å². The van der Waals surface area contributed by atoms with Gasteiger partial charge in [0.1, 0.15) is 12.7 Å². The Bertz CT molecular complexity index is 833. The van der Waals surface area contributed by atoms with Gasteiger partial charge in [0, 0.05) is 17.5 Å². The summed E-state index contributed by atoms with van der Waals surface area (Å²) in [6, 6.07) is 4.35. The lowest BCUT2D eigenvalue weighted by molar-refractivity contribution is -0.389. The van der Waals surface area contributed by atoms with Crippen molar-refractivity contribution in [3.8, 4) is 0 Å². The molecule has 8 nitrogen and oxygen atoms in total. The van der Waals surface area contributed by atoms with Gasteiger partial charge in [-0.3, -0.25) is 9.36 Å². The van der Waals surface area contributed by atoms with E-state index in [0.717, 1.165) is 18.3 Å². The lowest BCUT2D eigenvalue weighted by Crippen LogP contribution is -2.19. The molecule has 0 radical (unpaired) electrons. The Morgan fingerprint density at radius 2 is 1.96 bits per heavy atom. The zero-order valence-corrected chi connectivity index (χ0v) is 13.4. The van der Waals surface area contributed by atoms with Gasteiger partial charge in [0.05, 0.1) is 0 Å². The fourth-order valence-electron chi connectivity index (χ4n) is 1.89. The smallest absolute Gasteiger partial charge is 0.358 e. The van der Waals surface area contributed by atoms with Crippen molar-refractivity contribution in [2.45, 2.75) is 23.9 Å². The average Bonchev–Trinajstić information content (AvgIpc) is 2.87. The summed E-state index contributed by atoms with van der Waals surface area (Å²) in [4.78, 5) is 25.1. The number of carbonyl (C=O) groups is 1. The summed E-state index contributed by atoms with van der Waals surface area (Å²) < 4.78 is 49.5. The number of nitrogens with zero attached hydrogens (tertiary/aromatic N) is 3. The highest BCUT2D eigenvalue weighted by molar-refractivity contribution is 7.86. The summed E-state index contributed by atoms with van der Waals surface area (Å²) >= 11 is 0. The van der Waals surface area contributed by atoms with Crippen LogP contribution in [0.3, 0.4) is 0 Å². The number of imidazole rings is 1. The molecule has 0 spiro atoms. The monoisotopic (exact) mass is 376 g/mol. The molecule has 0 aliphatic carbocycles. The minimum absolute atomic E-state index is 0.195. The average molecular weight is 376 g/mol. The van der Waals surface area contributed by atoms with Crippen molar-refractivity contribution in [3.05, 3.63) is 46.4 Å². The standard InChI is InChI=1S/C13H11F3N4O4S/c1-8-17-11(20(22)23)6-19(8)7-12(21)18-9-2-4-10(5-3-9)25(24)13(14,15)16/h2-6H,7H2,1H3,(H,18,21). The van der Waals surface area contributed by atoms with E-state index in [9.17, 15) is 32.3 Å². The molecule has 1 amide bonds. The molecule has 0 bridgehead atoms. The molecular weight excluding hydrogens is 365 g/mol. The molecule has 2 aromatic rings. The molecule has 1 heterocycles. The van der Waals surface area contributed by atoms with Crippen molar-refractivity contribution in [3.63, 3.8) is 0 Å². The van der Waals surface area contributed by atoms with Gasteiger partial charge in [-0.2, -0.15) is 13.2 Å². The molecular formula is C13H11F3N4O4S. The molecule has 134 valence electrons. The van der Waals surface area contributed by atoms with Gasteiger partial charge >= 0.3 is 11.3 Å². The van der Waals surface area contributed by atoms with Gasteiger partial charge < -0.3 is 15.4 Å². The van der Waals surface area contributed by atoms with Gasteiger partial charge in [-0.1, -0.05) is 0 Å². The van der Waals surface area contributed by atoms with Crippen LogP contribution in [-0.4, -0.2) is 30.1 Å². The van der Waals surface area contributed by atoms with E-state index in [4.69, 9.17) is 0 Å². The first-order chi connectivity index (χ1) is 11.6. The Morgan fingerprint density at radius 3 is 2.44 bits per heavy atom. The Kier molecular flexibility index (Phi) is 5.21. The Hall–Kier alpha value is -2.76. The number of aromatic nitrogens is 2. The van der Waals surface area contributed by atoms with Crippen LogP contribution >= 0.6 is 0 Å². The van der Waals surface area contributed by atoms with E-state index in [1.54, 1.807) is 0 Å². The summed E-state index contributed by atoms with van der Waals surface area (Å²) in [5, 5.41) is 13.0. The van der Waals surface area contributed by atoms with Crippen LogP contribution in [-0.2, 0) is 22.1 Å². The highest BCUT2D eigenvalue weighted by Gasteiger charge is 2.37. The minimum Gasteiger partial charge on any atom is -0.358 e. The minimum atomic E-state index is -4.86. The molecule has 1 unspecified atom stereocenters. The lowest BCUT2D eigenvalue weighted by atomic mass is 10.3. The maximum atomic E-state index is 12.4. The van der Waals surface area contributed by atoms with Crippen molar-refractivity contribution in [2.75, 3.05) is 5.32 Å². The first kappa shape index (κ1) is 18.6. The van der Waals surface area contributed by atoms with Crippen LogP contribution in [0.25, 0.3) is 0 Å². The summed E-state index contributed by atoms with van der Waals surface area (Å²) in [6.07, 6.45) is 1.10. The molecule has 1 N–H and O–H groups in total. The summed E-state index contributed by atoms with van der Waals surface area (Å²) in [6.45, 7) is 1.23. The third kappa shape index (κ3) is 4.62. The number of halogens is 3. The van der Waals surface area contributed by atoms with Gasteiger partial charge in [-0.05, 0) is 34.2 Å². The van der Waals surface area contributed by atoms with E-state index < -0.39 is 37.9 Å². The maximum Gasteiger partial charge on any atom is 0.475 e. The number of amides is 1. The van der Waals surface area contributed by atoms with E-state index >= 15 is 0 Å². The number of hydrogen-bond donors (Lipinski definition) is 1. The Morgan fingerprint density at radius 1 is 1.36 bits per heavy atom. The second-order valence-corrected chi connectivity index (χ2v) is 6.29. The first-order valence-electron chi connectivity index (χ1n) is 6.64. The number of anilines is 1. The second kappa shape index (κ2) is 7.01. The second-order valence-electron chi connectivity index (χ2n) is 4.82. The Labute approximate surface area is 141 Å². The van der Waals surface area contributed by atoms with Crippen molar-refractivity contribution in [2.24, 2.45) is 0 Å². The van der Waals surface area contributed by atoms with Crippen molar-refractivity contribution in [1.29, 1.82) is 0 Å². The first-order valence-corrected chi connectivity index (χ1v) is 7.79. The number of benzene rings is 1. The summed E-state index contributed by atoms with van der Waals surface area (Å²) in [7, 11) is -3.15. The van der Waals surface area contributed by atoms with E-state index in [1.165, 1.54) is 23.6 Å². The normalized spacial score (nSPS) is 12.6. The molecule has 0 aliphatic rings. The summed E-state index contributed by atoms with van der Waals surface area (Å²) in [5.41, 5.74) is -4.67. The molecule has 0 saturated carbocycles. The molecule has 2 rings (SSSR count). The van der Waals surface area contributed by atoms with Gasteiger partial charge in [-0.25, -0.2) is 4.21 Å². The fourth-order valence-corrected chi connectivity index (χ4v) is 2.54. The van der Waals surface area contributed by atoms with E-state index in [-0.39, 0.29) is 18.1 Å². The van der Waals surface area contributed by atoms with Crippen LogP contribution < -0.4 is 5.32 Å². The quantitative estimate of drug-likeness (QED) is 0.637. The Balaban J connectivity index is 2.04. The third-order valence-electron chi connectivity index (χ3n) is 3.03. The van der Waals surface area contributed by atoms with Crippen molar-refractivity contribution in [1.82, 2.24) is 9.55 Å². The predicted octanol–water partition coefficient (Wildman–Crippen LogP) is 2.37. The van der Waals surface area contributed by atoms with Gasteiger partial charge in [0.2, 0.25) is 11.7 Å². The van der Waals surface area contributed by atoms with Crippen LogP contribution in [0.5, 0.6) is 0 Å². The molecule has 12 heteroatoms. The lowest BCUT2D eigenvalue weighted by Gasteiger charge is -2.08. The van der Waals surface area contributed by atoms with Crippen LogP contribution in [0.2, 0.25) is 0 Å². The van der Waals surface area contributed by atoms with Crippen molar-refractivity contribution >= 4 is 28.2 Å². The van der Waals surface area contributed by atoms with Crippen LogP contribution in [0.4, 0.5) is 24.7 Å². The number of nitro groups is 1. The number of rotatable bonds is 5. The topological polar surface area (TPSA) is 107 Å². The van der Waals surface area contributed by atoms with Gasteiger partial charge in [0.25, 0.3) is 0 Å². The molecule has 1 atom stereocenters. The highest BCUT2D eigenvalue weighted by Crippen LogP contribution is 2.26. The maximum absolute atomic E-state index is 12.4. The summed E-state index contributed by atoms with van der Waals surface area (Å²) in [5.74, 6) is -0.692.